The molecule has 0 fully saturated rings. The third-order valence-corrected chi connectivity index (χ3v) is 4.07. The summed E-state index contributed by atoms with van der Waals surface area (Å²) < 4.78 is 5.48. The molecule has 0 aliphatic heterocycles. The van der Waals surface area contributed by atoms with Crippen LogP contribution >= 0.6 is 11.8 Å². The highest BCUT2D eigenvalue weighted by atomic mass is 32.2. The number of amides is 1. The standard InChI is InChI=1S/C18H18N2O2S/c1-2-22-17-10-6-5-9-16(17)20-18(21)13-23-12-15-8-4-3-7-14(15)11-19/h3-10H,2,12-13H2,1H3,(H,20,21). The lowest BCUT2D eigenvalue weighted by Gasteiger charge is -2.11. The van der Waals surface area contributed by atoms with E-state index in [1.807, 2.05) is 49.4 Å². The SMILES string of the molecule is CCOc1ccccc1NC(=O)CSCc1ccccc1C#N. The van der Waals surface area contributed by atoms with Gasteiger partial charge in [0.1, 0.15) is 5.75 Å². The predicted molar refractivity (Wildman–Crippen MR) is 93.6 cm³/mol. The second kappa shape index (κ2) is 8.86. The Bertz CT molecular complexity index is 710. The van der Waals surface area contributed by atoms with Crippen LogP contribution in [0.3, 0.4) is 0 Å². The van der Waals surface area contributed by atoms with E-state index in [1.54, 1.807) is 6.07 Å². The Labute approximate surface area is 140 Å². The molecule has 0 radical (unpaired) electrons. The molecule has 0 aliphatic rings. The van der Waals surface area contributed by atoms with Crippen molar-refractivity contribution in [3.05, 3.63) is 59.7 Å². The molecular weight excluding hydrogens is 308 g/mol. The van der Waals surface area contributed by atoms with Crippen LogP contribution in [-0.4, -0.2) is 18.3 Å². The van der Waals surface area contributed by atoms with Gasteiger partial charge in [-0.2, -0.15) is 5.26 Å². The molecule has 0 spiro atoms. The van der Waals surface area contributed by atoms with Gasteiger partial charge in [-0.05, 0) is 30.7 Å². The smallest absolute Gasteiger partial charge is 0.234 e. The molecule has 1 N–H and O–H groups in total. The predicted octanol–water partition coefficient (Wildman–Crippen LogP) is 3.83. The highest BCUT2D eigenvalue weighted by Crippen LogP contribution is 2.24. The van der Waals surface area contributed by atoms with Gasteiger partial charge in [-0.1, -0.05) is 30.3 Å². The molecular formula is C18H18N2O2S. The van der Waals surface area contributed by atoms with Crippen molar-refractivity contribution in [3.63, 3.8) is 0 Å². The first kappa shape index (κ1) is 16.9. The number of para-hydroxylation sites is 2. The molecule has 0 aromatic heterocycles. The summed E-state index contributed by atoms with van der Waals surface area (Å²) in [6.45, 7) is 2.45. The fraction of sp³-hybridized carbons (Fsp3) is 0.222. The van der Waals surface area contributed by atoms with Crippen LogP contribution in [0.2, 0.25) is 0 Å². The Hall–Kier alpha value is -2.45. The second-order valence-electron chi connectivity index (χ2n) is 4.74. The molecule has 2 rings (SSSR count). The Balaban J connectivity index is 1.87. The van der Waals surface area contributed by atoms with Crippen molar-refractivity contribution >= 4 is 23.4 Å². The number of nitrogens with one attached hydrogen (secondary N) is 1. The molecule has 5 heteroatoms. The average Bonchev–Trinajstić information content (AvgIpc) is 2.57. The van der Waals surface area contributed by atoms with Gasteiger partial charge in [-0.25, -0.2) is 0 Å². The fourth-order valence-corrected chi connectivity index (χ4v) is 2.88. The summed E-state index contributed by atoms with van der Waals surface area (Å²) in [6, 6.07) is 17.0. The Morgan fingerprint density at radius 2 is 1.96 bits per heavy atom. The molecule has 2 aromatic rings. The monoisotopic (exact) mass is 326 g/mol. The van der Waals surface area contributed by atoms with Crippen LogP contribution in [-0.2, 0) is 10.5 Å². The van der Waals surface area contributed by atoms with Crippen LogP contribution in [0.1, 0.15) is 18.1 Å². The summed E-state index contributed by atoms with van der Waals surface area (Å²) in [6.07, 6.45) is 0. The number of carbonyl (C=O) groups is 1. The van der Waals surface area contributed by atoms with Crippen molar-refractivity contribution in [2.24, 2.45) is 0 Å². The van der Waals surface area contributed by atoms with E-state index in [0.29, 0.717) is 35.1 Å². The summed E-state index contributed by atoms with van der Waals surface area (Å²) in [5.41, 5.74) is 2.28. The molecule has 4 nitrogen and oxygen atoms in total. The van der Waals surface area contributed by atoms with Gasteiger partial charge in [0.05, 0.1) is 29.7 Å². The second-order valence-corrected chi connectivity index (χ2v) is 5.72. The summed E-state index contributed by atoms with van der Waals surface area (Å²) in [4.78, 5) is 12.1. The van der Waals surface area contributed by atoms with Gasteiger partial charge in [0.15, 0.2) is 0 Å². The molecule has 0 unspecified atom stereocenters. The third kappa shape index (κ3) is 5.04. The Morgan fingerprint density at radius 3 is 2.74 bits per heavy atom. The topological polar surface area (TPSA) is 62.1 Å². The molecule has 23 heavy (non-hydrogen) atoms. The number of nitrogens with zero attached hydrogens (tertiary/aromatic N) is 1. The van der Waals surface area contributed by atoms with E-state index >= 15 is 0 Å². The Kier molecular flexibility index (Phi) is 6.52. The summed E-state index contributed by atoms with van der Waals surface area (Å²) in [5, 5.41) is 11.9. The minimum Gasteiger partial charge on any atom is -0.492 e. The average molecular weight is 326 g/mol. The van der Waals surface area contributed by atoms with Crippen LogP contribution in [0.4, 0.5) is 5.69 Å². The van der Waals surface area contributed by atoms with Crippen LogP contribution in [0.25, 0.3) is 0 Å². The van der Waals surface area contributed by atoms with E-state index < -0.39 is 0 Å². The fourth-order valence-electron chi connectivity index (χ4n) is 2.05. The van der Waals surface area contributed by atoms with Crippen molar-refractivity contribution < 1.29 is 9.53 Å². The zero-order chi connectivity index (χ0) is 16.5. The van der Waals surface area contributed by atoms with Crippen LogP contribution < -0.4 is 10.1 Å². The van der Waals surface area contributed by atoms with E-state index in [2.05, 4.69) is 11.4 Å². The minimum absolute atomic E-state index is 0.0865. The molecule has 0 atom stereocenters. The van der Waals surface area contributed by atoms with E-state index in [4.69, 9.17) is 10.00 Å². The highest BCUT2D eigenvalue weighted by molar-refractivity contribution is 7.99. The zero-order valence-corrected chi connectivity index (χ0v) is 13.7. The molecule has 118 valence electrons. The summed E-state index contributed by atoms with van der Waals surface area (Å²) in [5.74, 6) is 1.53. The van der Waals surface area contributed by atoms with Gasteiger partial charge in [0, 0.05) is 5.75 Å². The lowest BCUT2D eigenvalue weighted by molar-refractivity contribution is -0.113. The van der Waals surface area contributed by atoms with Gasteiger partial charge in [-0.15, -0.1) is 11.8 Å². The molecule has 0 saturated heterocycles. The number of hydrogen-bond donors (Lipinski definition) is 1. The van der Waals surface area contributed by atoms with E-state index in [0.717, 1.165) is 5.56 Å². The minimum atomic E-state index is -0.0865. The van der Waals surface area contributed by atoms with Crippen molar-refractivity contribution in [2.45, 2.75) is 12.7 Å². The maximum absolute atomic E-state index is 12.1. The number of anilines is 1. The van der Waals surface area contributed by atoms with Crippen molar-refractivity contribution in [1.82, 2.24) is 0 Å². The lowest BCUT2D eigenvalue weighted by atomic mass is 10.1. The van der Waals surface area contributed by atoms with Gasteiger partial charge in [0.25, 0.3) is 0 Å². The van der Waals surface area contributed by atoms with Crippen molar-refractivity contribution in [3.8, 4) is 11.8 Å². The van der Waals surface area contributed by atoms with Crippen LogP contribution in [0, 0.1) is 11.3 Å². The number of ether oxygens (including phenoxy) is 1. The number of benzene rings is 2. The molecule has 2 aromatic carbocycles. The first-order chi connectivity index (χ1) is 11.2. The summed E-state index contributed by atoms with van der Waals surface area (Å²) >= 11 is 1.48. The van der Waals surface area contributed by atoms with Gasteiger partial charge >= 0.3 is 0 Å². The maximum Gasteiger partial charge on any atom is 0.234 e. The number of nitriles is 1. The number of hydrogen-bond acceptors (Lipinski definition) is 4. The molecule has 0 saturated carbocycles. The van der Waals surface area contributed by atoms with Crippen molar-refractivity contribution in [1.29, 1.82) is 5.26 Å². The van der Waals surface area contributed by atoms with Crippen LogP contribution in [0.15, 0.2) is 48.5 Å². The molecule has 0 aliphatic carbocycles. The van der Waals surface area contributed by atoms with Crippen LogP contribution in [0.5, 0.6) is 5.75 Å². The maximum atomic E-state index is 12.1. The normalized spacial score (nSPS) is 9.91. The first-order valence-corrected chi connectivity index (χ1v) is 8.47. The van der Waals surface area contributed by atoms with E-state index in [9.17, 15) is 4.79 Å². The summed E-state index contributed by atoms with van der Waals surface area (Å²) in [7, 11) is 0. The number of thioether (sulfide) groups is 1. The van der Waals surface area contributed by atoms with Gasteiger partial charge in [-0.3, -0.25) is 4.79 Å². The highest BCUT2D eigenvalue weighted by Gasteiger charge is 2.08. The number of rotatable bonds is 7. The quantitative estimate of drug-likeness (QED) is 0.840. The van der Waals surface area contributed by atoms with Crippen molar-refractivity contribution in [2.75, 3.05) is 17.7 Å². The zero-order valence-electron chi connectivity index (χ0n) is 12.9. The number of carbonyl (C=O) groups excluding carboxylic acids is 1. The van der Waals surface area contributed by atoms with Gasteiger partial charge in [0.2, 0.25) is 5.91 Å². The largest absolute Gasteiger partial charge is 0.492 e. The first-order valence-electron chi connectivity index (χ1n) is 7.32. The third-order valence-electron chi connectivity index (χ3n) is 3.09. The Morgan fingerprint density at radius 1 is 1.22 bits per heavy atom. The molecule has 0 bridgehead atoms. The molecule has 0 heterocycles. The molecule has 1 amide bonds. The van der Waals surface area contributed by atoms with E-state index in [-0.39, 0.29) is 5.91 Å². The van der Waals surface area contributed by atoms with E-state index in [1.165, 1.54) is 11.8 Å². The lowest BCUT2D eigenvalue weighted by Crippen LogP contribution is -2.15. The van der Waals surface area contributed by atoms with Gasteiger partial charge < -0.3 is 10.1 Å².